The second kappa shape index (κ2) is 15.0. The Bertz CT molecular complexity index is 363. The van der Waals surface area contributed by atoms with Gasteiger partial charge in [0.2, 0.25) is 0 Å². The average molecular weight is 443 g/mol. The minimum atomic E-state index is -2.15. The van der Waals surface area contributed by atoms with Gasteiger partial charge < -0.3 is 37.7 Å². The third-order valence-electron chi connectivity index (χ3n) is 5.15. The molecule has 3 heterocycles. The van der Waals surface area contributed by atoms with Crippen LogP contribution in [0.1, 0.15) is 39.0 Å². The standard InChI is InChI=1S/C11H24O3Si.C6H10O3.CH6OSi.H2O/c1-5-8-11(12-2)9-6-7-10-15(11,13-3)14-4;1(5-3-8-5)7-2-6-4-9-6;1-2-3;/h5-10H2,1-4H3;5-6H,1-4H2;1,3H3;1H2. The van der Waals surface area contributed by atoms with Crippen molar-refractivity contribution in [2.45, 2.75) is 62.5 Å². The van der Waals surface area contributed by atoms with Gasteiger partial charge in [0, 0.05) is 28.4 Å². The molecule has 0 aromatic rings. The van der Waals surface area contributed by atoms with E-state index in [9.17, 15) is 0 Å². The van der Waals surface area contributed by atoms with Gasteiger partial charge in [0.05, 0.1) is 26.4 Å². The van der Waals surface area contributed by atoms with Crippen LogP contribution in [0.3, 0.4) is 0 Å². The summed E-state index contributed by atoms with van der Waals surface area (Å²) in [7, 11) is 5.77. The van der Waals surface area contributed by atoms with Gasteiger partial charge in [-0.1, -0.05) is 26.2 Å². The molecule has 10 heteroatoms. The lowest BCUT2D eigenvalue weighted by atomic mass is 10.1. The van der Waals surface area contributed by atoms with E-state index >= 15 is 0 Å². The Morgan fingerprint density at radius 2 is 1.50 bits per heavy atom. The molecule has 0 aromatic heterocycles. The van der Waals surface area contributed by atoms with E-state index in [0.29, 0.717) is 12.2 Å². The summed E-state index contributed by atoms with van der Waals surface area (Å²) in [5.74, 6) is 0. The summed E-state index contributed by atoms with van der Waals surface area (Å²) in [5, 5.41) is -0.122. The predicted octanol–water partition coefficient (Wildman–Crippen LogP) is 0.519. The quantitative estimate of drug-likeness (QED) is 0.379. The highest BCUT2D eigenvalue weighted by molar-refractivity contribution is 6.70. The summed E-state index contributed by atoms with van der Waals surface area (Å²) < 4.78 is 36.9. The Hall–Kier alpha value is 0.114. The molecule has 0 aliphatic carbocycles. The number of rotatable bonds is 9. The highest BCUT2D eigenvalue weighted by atomic mass is 28.4. The zero-order valence-corrected chi connectivity index (χ0v) is 21.6. The van der Waals surface area contributed by atoms with Crippen molar-refractivity contribution in [1.29, 1.82) is 0 Å². The van der Waals surface area contributed by atoms with Gasteiger partial charge in [-0.05, 0) is 18.9 Å². The first-order chi connectivity index (χ1) is 13.1. The molecule has 3 saturated heterocycles. The Labute approximate surface area is 174 Å². The minimum absolute atomic E-state index is 0. The van der Waals surface area contributed by atoms with Gasteiger partial charge in [0.1, 0.15) is 27.9 Å². The van der Waals surface area contributed by atoms with Gasteiger partial charge in [-0.15, -0.1) is 0 Å². The molecule has 0 radical (unpaired) electrons. The fourth-order valence-electron chi connectivity index (χ4n) is 3.58. The normalized spacial score (nSPS) is 29.5. The van der Waals surface area contributed by atoms with E-state index in [0.717, 1.165) is 62.2 Å². The second-order valence-corrected chi connectivity index (χ2v) is 11.7. The second-order valence-electron chi connectivity index (χ2n) is 7.17. The molecule has 0 saturated carbocycles. The largest absolute Gasteiger partial charge is 0.431 e. The fourth-order valence-corrected chi connectivity index (χ4v) is 7.57. The fraction of sp³-hybridized carbons (Fsp3) is 1.00. The number of methoxy groups -OCH3 is 1. The van der Waals surface area contributed by atoms with Crippen LogP contribution in [0.2, 0.25) is 6.04 Å². The van der Waals surface area contributed by atoms with Crippen molar-refractivity contribution in [1.82, 2.24) is 0 Å². The van der Waals surface area contributed by atoms with E-state index in [2.05, 4.69) is 11.3 Å². The summed E-state index contributed by atoms with van der Waals surface area (Å²) in [6.45, 7) is 5.45. The van der Waals surface area contributed by atoms with Crippen molar-refractivity contribution in [2.24, 2.45) is 0 Å². The summed E-state index contributed by atoms with van der Waals surface area (Å²) in [4.78, 5) is 0. The van der Waals surface area contributed by atoms with Crippen LogP contribution in [0, 0.1) is 0 Å². The molecule has 2 N–H and O–H groups in total. The Balaban J connectivity index is 0.000000475. The van der Waals surface area contributed by atoms with Gasteiger partial charge in [-0.2, -0.15) is 0 Å². The van der Waals surface area contributed by atoms with Crippen LogP contribution in [0.4, 0.5) is 0 Å². The number of epoxide rings is 2. The molecule has 3 unspecified atom stereocenters. The van der Waals surface area contributed by atoms with Crippen molar-refractivity contribution >= 4 is 19.0 Å². The highest BCUT2D eigenvalue weighted by Crippen LogP contribution is 2.42. The first-order valence-corrected chi connectivity index (χ1v) is 12.8. The summed E-state index contributed by atoms with van der Waals surface area (Å²) in [6.07, 6.45) is 6.49. The summed E-state index contributed by atoms with van der Waals surface area (Å²) >= 11 is 0. The van der Waals surface area contributed by atoms with Crippen molar-refractivity contribution in [2.75, 3.05) is 54.9 Å². The first kappa shape index (κ1) is 28.1. The maximum Gasteiger partial charge on any atom is 0.370 e. The van der Waals surface area contributed by atoms with E-state index in [-0.39, 0.29) is 10.7 Å². The molecule has 170 valence electrons. The average Bonchev–Trinajstić information content (AvgIpc) is 3.59. The van der Waals surface area contributed by atoms with Crippen LogP contribution in [0.25, 0.3) is 0 Å². The summed E-state index contributed by atoms with van der Waals surface area (Å²) in [6, 6.07) is 1.06. The predicted molar refractivity (Wildman–Crippen MR) is 114 cm³/mol. The van der Waals surface area contributed by atoms with E-state index < -0.39 is 8.56 Å². The molecule has 28 heavy (non-hydrogen) atoms. The molecule has 0 spiro atoms. The van der Waals surface area contributed by atoms with Crippen LogP contribution >= 0.6 is 0 Å². The highest BCUT2D eigenvalue weighted by Gasteiger charge is 2.58. The molecule has 0 aromatic carbocycles. The number of hydrogen-bond acceptors (Lipinski definition) is 7. The van der Waals surface area contributed by atoms with Gasteiger partial charge in [0.15, 0.2) is 0 Å². The van der Waals surface area contributed by atoms with Crippen LogP contribution in [0.15, 0.2) is 0 Å². The van der Waals surface area contributed by atoms with E-state index in [1.807, 2.05) is 0 Å². The van der Waals surface area contributed by atoms with Crippen molar-refractivity contribution in [3.8, 4) is 0 Å². The van der Waals surface area contributed by atoms with Crippen molar-refractivity contribution in [3.63, 3.8) is 0 Å². The van der Waals surface area contributed by atoms with E-state index in [1.54, 1.807) is 28.4 Å². The van der Waals surface area contributed by atoms with Crippen LogP contribution < -0.4 is 0 Å². The monoisotopic (exact) mass is 442 g/mol. The van der Waals surface area contributed by atoms with Gasteiger partial charge >= 0.3 is 8.56 Å². The Morgan fingerprint density at radius 3 is 1.86 bits per heavy atom. The van der Waals surface area contributed by atoms with Gasteiger partial charge in [-0.3, -0.25) is 0 Å². The molecular formula is C18H42O8Si2. The van der Waals surface area contributed by atoms with Crippen molar-refractivity contribution < 1.29 is 37.7 Å². The van der Waals surface area contributed by atoms with Crippen LogP contribution in [0.5, 0.6) is 0 Å². The van der Waals surface area contributed by atoms with Gasteiger partial charge in [0.25, 0.3) is 0 Å². The molecule has 8 nitrogen and oxygen atoms in total. The van der Waals surface area contributed by atoms with Crippen molar-refractivity contribution in [3.05, 3.63) is 0 Å². The zero-order valence-electron chi connectivity index (χ0n) is 18.6. The lowest BCUT2D eigenvalue weighted by molar-refractivity contribution is -0.0149. The zero-order chi connectivity index (χ0) is 20.2. The first-order valence-electron chi connectivity index (χ1n) is 9.93. The molecule has 3 aliphatic rings. The Kier molecular flexibility index (Phi) is 15.1. The minimum Gasteiger partial charge on any atom is -0.431 e. The van der Waals surface area contributed by atoms with Gasteiger partial charge in [-0.25, -0.2) is 0 Å². The Morgan fingerprint density at radius 1 is 1.00 bits per heavy atom. The molecule has 0 amide bonds. The van der Waals surface area contributed by atoms with E-state index in [4.69, 9.17) is 27.8 Å². The number of ether oxygens (including phenoxy) is 4. The smallest absolute Gasteiger partial charge is 0.370 e. The third-order valence-corrected chi connectivity index (χ3v) is 9.57. The molecule has 3 atom stereocenters. The van der Waals surface area contributed by atoms with Crippen LogP contribution in [-0.4, -0.2) is 96.8 Å². The summed E-state index contributed by atoms with van der Waals surface area (Å²) in [5.41, 5.74) is 0. The maximum absolute atomic E-state index is 5.83. The maximum atomic E-state index is 5.83. The molecular weight excluding hydrogens is 400 g/mol. The number of hydrogen-bond donors (Lipinski definition) is 0. The SMILES string of the molecule is C(OCC1CO1)C1CO1.CCCC1(OC)CCCC[Si]1(OC)OC.CO[SiH3].O. The third kappa shape index (κ3) is 8.86. The molecule has 3 fully saturated rings. The molecule has 0 bridgehead atoms. The topological polar surface area (TPSA) is 103 Å². The lowest BCUT2D eigenvalue weighted by Gasteiger charge is -2.47. The molecule has 3 rings (SSSR count). The van der Waals surface area contributed by atoms with E-state index in [1.165, 1.54) is 12.8 Å². The lowest BCUT2D eigenvalue weighted by Crippen LogP contribution is -2.64. The van der Waals surface area contributed by atoms with Crippen LogP contribution in [-0.2, 0) is 32.2 Å². The molecule has 3 aliphatic heterocycles.